The van der Waals surface area contributed by atoms with Crippen LogP contribution in [-0.2, 0) is 0 Å². The van der Waals surface area contributed by atoms with E-state index >= 15 is 0 Å². The van der Waals surface area contributed by atoms with Crippen LogP contribution in [0.1, 0.15) is 0 Å². The number of fused-ring (bicyclic) bond motifs is 10. The summed E-state index contributed by atoms with van der Waals surface area (Å²) in [6, 6.07) is 46.4. The molecular weight excluding hydrogens is 502 g/mol. The maximum Gasteiger partial charge on any atom is 0.256 e. The van der Waals surface area contributed by atoms with Crippen molar-refractivity contribution in [2.75, 3.05) is 0 Å². The van der Waals surface area contributed by atoms with Gasteiger partial charge in [-0.05, 0) is 34.6 Å². The van der Waals surface area contributed by atoms with Gasteiger partial charge in [-0.1, -0.05) is 126 Å². The smallest absolute Gasteiger partial charge is 0.256 e. The molecule has 6 aromatic carbocycles. The van der Waals surface area contributed by atoms with Crippen molar-refractivity contribution < 1.29 is 13.9 Å². The van der Waals surface area contributed by atoms with Gasteiger partial charge in [0, 0.05) is 16.2 Å². The van der Waals surface area contributed by atoms with Crippen LogP contribution in [0, 0.1) is 0 Å². The molecule has 5 heteroatoms. The van der Waals surface area contributed by atoms with Crippen LogP contribution < -0.4 is 42.3 Å². The van der Waals surface area contributed by atoms with Gasteiger partial charge in [-0.15, -0.1) is 0 Å². The molecule has 0 bridgehead atoms. The van der Waals surface area contributed by atoms with Crippen LogP contribution in [0.3, 0.4) is 0 Å². The zero-order chi connectivity index (χ0) is 26.9. The summed E-state index contributed by atoms with van der Waals surface area (Å²) >= 11 is 0. The van der Waals surface area contributed by atoms with E-state index in [0.29, 0.717) is 0 Å². The third kappa shape index (κ3) is 3.23. The molecule has 1 aromatic heterocycles. The largest absolute Gasteiger partial charge is 0.459 e. The molecule has 2 aliphatic rings. The molecule has 0 saturated heterocycles. The van der Waals surface area contributed by atoms with E-state index in [0.717, 1.165) is 66.8 Å². The number of hydrogen-bond donors (Lipinski definition) is 0. The van der Waals surface area contributed by atoms with Gasteiger partial charge in [0.2, 0.25) is 0 Å². The first-order chi connectivity index (χ1) is 20.4. The Kier molecular flexibility index (Phi) is 4.79. The van der Waals surface area contributed by atoms with Crippen LogP contribution in [0.2, 0.25) is 0 Å². The monoisotopic (exact) mass is 524 g/mol. The first kappa shape index (κ1) is 22.6. The van der Waals surface area contributed by atoms with Gasteiger partial charge in [-0.3, -0.25) is 0 Å². The van der Waals surface area contributed by atoms with Crippen molar-refractivity contribution in [3.63, 3.8) is 0 Å². The van der Waals surface area contributed by atoms with Crippen LogP contribution >= 0.6 is 0 Å². The van der Waals surface area contributed by atoms with Crippen molar-refractivity contribution in [3.8, 4) is 23.0 Å². The highest BCUT2D eigenvalue weighted by Crippen LogP contribution is 2.42. The van der Waals surface area contributed by atoms with Gasteiger partial charge in [-0.25, -0.2) is 0 Å². The normalized spacial score (nSPS) is 13.2. The van der Waals surface area contributed by atoms with E-state index in [1.54, 1.807) is 0 Å². The summed E-state index contributed by atoms with van der Waals surface area (Å²) in [7, 11) is 0. The Morgan fingerprint density at radius 1 is 0.439 bits per heavy atom. The minimum Gasteiger partial charge on any atom is -0.459 e. The molecule has 0 N–H and O–H groups in total. The lowest BCUT2D eigenvalue weighted by Crippen LogP contribution is -2.60. The van der Waals surface area contributed by atoms with Gasteiger partial charge in [0.05, 0.1) is 0 Å². The third-order valence-corrected chi connectivity index (χ3v) is 8.53. The van der Waals surface area contributed by atoms with E-state index in [1.807, 2.05) is 30.3 Å². The number of ether oxygens (including phenoxy) is 2. The molecule has 7 aromatic rings. The zero-order valence-electron chi connectivity index (χ0n) is 22.1. The van der Waals surface area contributed by atoms with Gasteiger partial charge in [-0.2, -0.15) is 0 Å². The molecule has 0 atom stereocenters. The molecule has 0 saturated carbocycles. The van der Waals surface area contributed by atoms with E-state index in [4.69, 9.17) is 13.9 Å². The average molecular weight is 524 g/mol. The Labute approximate surface area is 238 Å². The van der Waals surface area contributed by atoms with E-state index in [9.17, 15) is 0 Å². The lowest BCUT2D eigenvalue weighted by molar-refractivity contribution is 0.466. The fourth-order valence-corrected chi connectivity index (χ4v) is 6.84. The molecule has 0 amide bonds. The standard InChI is InChI=1S/C36H22B2O3/c1-3-13-23(14-4-1)37-26-18-8-11-21-29(26)40-35-32(37)31-25-17-7-10-20-28(25)39-34(31)36-33(35)38(24-15-5-2-6-16-24)27-19-9-12-22-30(27)41-36/h1-22H. The van der Waals surface area contributed by atoms with Crippen molar-refractivity contribution in [3.05, 3.63) is 133 Å². The quantitative estimate of drug-likeness (QED) is 0.304. The summed E-state index contributed by atoms with van der Waals surface area (Å²) in [5.41, 5.74) is 8.38. The Morgan fingerprint density at radius 3 is 1.61 bits per heavy atom. The van der Waals surface area contributed by atoms with Crippen LogP contribution in [0.25, 0.3) is 21.9 Å². The Morgan fingerprint density at radius 2 is 0.951 bits per heavy atom. The molecule has 0 fully saturated rings. The summed E-state index contributed by atoms with van der Waals surface area (Å²) < 4.78 is 20.5. The van der Waals surface area contributed by atoms with Gasteiger partial charge >= 0.3 is 0 Å². The van der Waals surface area contributed by atoms with E-state index in [2.05, 4.69) is 103 Å². The van der Waals surface area contributed by atoms with Crippen molar-refractivity contribution in [1.29, 1.82) is 0 Å². The molecule has 0 radical (unpaired) electrons. The number of rotatable bonds is 2. The first-order valence-corrected chi connectivity index (χ1v) is 14.0. The van der Waals surface area contributed by atoms with Gasteiger partial charge in [0.1, 0.15) is 22.8 Å². The second kappa shape index (κ2) is 8.67. The molecule has 3 heterocycles. The number of hydrogen-bond acceptors (Lipinski definition) is 3. The number of para-hydroxylation sites is 3. The second-order valence-electron chi connectivity index (χ2n) is 10.8. The van der Waals surface area contributed by atoms with Crippen LogP contribution in [0.4, 0.5) is 0 Å². The minimum absolute atomic E-state index is 0.0430. The third-order valence-electron chi connectivity index (χ3n) is 8.53. The molecule has 0 spiro atoms. The molecule has 0 aliphatic carbocycles. The van der Waals surface area contributed by atoms with Crippen LogP contribution in [-0.4, -0.2) is 13.4 Å². The Balaban J connectivity index is 1.48. The Bertz CT molecular complexity index is 2120. The number of benzene rings is 6. The average Bonchev–Trinajstić information content (AvgIpc) is 3.43. The molecule has 190 valence electrons. The second-order valence-corrected chi connectivity index (χ2v) is 10.8. The highest BCUT2D eigenvalue weighted by Gasteiger charge is 2.44. The van der Waals surface area contributed by atoms with Gasteiger partial charge in [0.15, 0.2) is 11.3 Å². The van der Waals surface area contributed by atoms with E-state index in [1.165, 1.54) is 10.9 Å². The van der Waals surface area contributed by atoms with Crippen molar-refractivity contribution in [2.24, 2.45) is 0 Å². The van der Waals surface area contributed by atoms with Crippen LogP contribution in [0.5, 0.6) is 23.0 Å². The maximum absolute atomic E-state index is 7.00. The van der Waals surface area contributed by atoms with Crippen molar-refractivity contribution >= 4 is 68.1 Å². The molecule has 2 aliphatic heterocycles. The van der Waals surface area contributed by atoms with Crippen LogP contribution in [0.15, 0.2) is 138 Å². The summed E-state index contributed by atoms with van der Waals surface area (Å²) in [6.07, 6.45) is 0. The fraction of sp³-hybridized carbons (Fsp3) is 0. The molecular formula is C36H22B2O3. The molecule has 9 rings (SSSR count). The summed E-state index contributed by atoms with van der Waals surface area (Å²) in [6.45, 7) is -0.136. The molecule has 0 unspecified atom stereocenters. The van der Waals surface area contributed by atoms with Crippen molar-refractivity contribution in [1.82, 2.24) is 0 Å². The molecule has 3 nitrogen and oxygen atoms in total. The predicted molar refractivity (Wildman–Crippen MR) is 169 cm³/mol. The van der Waals surface area contributed by atoms with Gasteiger partial charge < -0.3 is 13.9 Å². The predicted octanol–water partition coefficient (Wildman–Crippen LogP) is 4.83. The topological polar surface area (TPSA) is 31.6 Å². The van der Waals surface area contributed by atoms with E-state index in [-0.39, 0.29) is 13.4 Å². The highest BCUT2D eigenvalue weighted by atomic mass is 16.5. The number of furan rings is 1. The first-order valence-electron chi connectivity index (χ1n) is 14.0. The van der Waals surface area contributed by atoms with Gasteiger partial charge in [0.25, 0.3) is 13.4 Å². The summed E-state index contributed by atoms with van der Waals surface area (Å²) in [4.78, 5) is 0. The maximum atomic E-state index is 7.00. The summed E-state index contributed by atoms with van der Waals surface area (Å²) in [5.74, 6) is 3.30. The SMILES string of the molecule is c1ccc(B2c3ccccc3Oc3c2c2c(c4c3oc3ccccc34)B(c3ccccc3)c3ccccc3O2)cc1. The molecule has 41 heavy (non-hydrogen) atoms. The lowest BCUT2D eigenvalue weighted by Gasteiger charge is -2.34. The zero-order valence-corrected chi connectivity index (χ0v) is 22.1. The Hall–Kier alpha value is -5.15. The fourth-order valence-electron chi connectivity index (χ4n) is 6.84. The van der Waals surface area contributed by atoms with E-state index < -0.39 is 0 Å². The van der Waals surface area contributed by atoms with Crippen molar-refractivity contribution in [2.45, 2.75) is 0 Å². The highest BCUT2D eigenvalue weighted by molar-refractivity contribution is 7.01. The summed E-state index contributed by atoms with van der Waals surface area (Å²) in [5, 5.41) is 2.10. The lowest BCUT2D eigenvalue weighted by atomic mass is 9.31. The minimum atomic E-state index is -0.0933.